The summed E-state index contributed by atoms with van der Waals surface area (Å²) >= 11 is 0. The number of nitrogens with two attached hydrogens (primary N) is 1. The zero-order valence-electron chi connectivity index (χ0n) is 20.1. The molecule has 1 atom stereocenters. The first-order valence-corrected chi connectivity index (χ1v) is 11.4. The Morgan fingerprint density at radius 1 is 0.889 bits per heavy atom. The number of hydrogen-bond acceptors (Lipinski definition) is 4. The van der Waals surface area contributed by atoms with Crippen molar-refractivity contribution in [1.82, 2.24) is 10.6 Å². The Labute approximate surface area is 207 Å². The van der Waals surface area contributed by atoms with E-state index in [4.69, 9.17) is 10.2 Å². The average Bonchev–Trinajstić information content (AvgIpc) is 3.25. The van der Waals surface area contributed by atoms with Gasteiger partial charge in [-0.15, -0.1) is 0 Å². The molecule has 1 heterocycles. The van der Waals surface area contributed by atoms with Crippen LogP contribution in [-0.2, 0) is 4.79 Å². The normalized spacial score (nSPS) is 11.9. The van der Waals surface area contributed by atoms with Gasteiger partial charge in [0, 0.05) is 23.6 Å². The van der Waals surface area contributed by atoms with Crippen LogP contribution in [0.15, 0.2) is 71.1 Å². The molecule has 1 aromatic heterocycles. The lowest BCUT2D eigenvalue weighted by Gasteiger charge is -2.19. The van der Waals surface area contributed by atoms with Crippen molar-refractivity contribution >= 4 is 28.7 Å². The van der Waals surface area contributed by atoms with Crippen molar-refractivity contribution in [3.8, 4) is 22.5 Å². The van der Waals surface area contributed by atoms with Crippen molar-refractivity contribution in [1.29, 1.82) is 0 Å². The second kappa shape index (κ2) is 10.0. The summed E-state index contributed by atoms with van der Waals surface area (Å²) in [6.45, 7) is 3.60. The highest BCUT2D eigenvalue weighted by atomic mass is 19.1. The maximum Gasteiger partial charge on any atom is 0.255 e. The van der Waals surface area contributed by atoms with Crippen molar-refractivity contribution in [2.24, 2.45) is 11.7 Å². The SMILES string of the molecule is CNC(=O)c1c(-c2ccc(F)cc2)oc2ccc(-c3cccc(C(=O)NC(C(N)=O)C(C)C)c3)cc12. The lowest BCUT2D eigenvalue weighted by Crippen LogP contribution is -2.47. The maximum absolute atomic E-state index is 13.4. The van der Waals surface area contributed by atoms with Crippen molar-refractivity contribution in [2.45, 2.75) is 19.9 Å². The van der Waals surface area contributed by atoms with E-state index in [1.54, 1.807) is 50.2 Å². The summed E-state index contributed by atoms with van der Waals surface area (Å²) in [4.78, 5) is 37.3. The fourth-order valence-corrected chi connectivity index (χ4v) is 4.06. The molecule has 0 bridgehead atoms. The molecule has 3 amide bonds. The molecule has 3 aromatic carbocycles. The van der Waals surface area contributed by atoms with E-state index in [0.29, 0.717) is 33.4 Å². The van der Waals surface area contributed by atoms with Gasteiger partial charge in [-0.1, -0.05) is 32.0 Å². The van der Waals surface area contributed by atoms with Crippen LogP contribution in [0.1, 0.15) is 34.6 Å². The molecular weight excluding hydrogens is 461 g/mol. The van der Waals surface area contributed by atoms with Gasteiger partial charge in [-0.3, -0.25) is 14.4 Å². The van der Waals surface area contributed by atoms with Crippen molar-refractivity contribution in [3.05, 3.63) is 83.7 Å². The van der Waals surface area contributed by atoms with E-state index in [1.807, 2.05) is 18.2 Å². The van der Waals surface area contributed by atoms with Crippen molar-refractivity contribution < 1.29 is 23.2 Å². The van der Waals surface area contributed by atoms with Crippen molar-refractivity contribution in [3.63, 3.8) is 0 Å². The zero-order valence-corrected chi connectivity index (χ0v) is 20.1. The summed E-state index contributed by atoms with van der Waals surface area (Å²) < 4.78 is 19.4. The number of furan rings is 1. The standard InChI is InChI=1S/C28H26FN3O4/c1-15(2)24(26(30)33)32-27(34)19-6-4-5-17(13-19)18-9-12-22-21(14-18)23(28(35)31-3)25(36-22)16-7-10-20(29)11-8-16/h4-15,24H,1-3H3,(H2,30,33)(H,31,35)(H,32,34). The topological polar surface area (TPSA) is 114 Å². The third-order valence-electron chi connectivity index (χ3n) is 5.97. The summed E-state index contributed by atoms with van der Waals surface area (Å²) in [6, 6.07) is 17.2. The van der Waals surface area contributed by atoms with E-state index in [1.165, 1.54) is 19.2 Å². The Balaban J connectivity index is 1.76. The predicted octanol–water partition coefficient (Wildman–Crippen LogP) is 4.51. The van der Waals surface area contributed by atoms with E-state index in [9.17, 15) is 18.8 Å². The van der Waals surface area contributed by atoms with Crippen LogP contribution in [-0.4, -0.2) is 30.8 Å². The Morgan fingerprint density at radius 3 is 2.19 bits per heavy atom. The second-order valence-corrected chi connectivity index (χ2v) is 8.78. The van der Waals surface area contributed by atoms with Crippen LogP contribution in [0.2, 0.25) is 0 Å². The van der Waals surface area contributed by atoms with Crippen LogP contribution >= 0.6 is 0 Å². The molecule has 0 aliphatic rings. The smallest absolute Gasteiger partial charge is 0.255 e. The number of nitrogens with one attached hydrogen (secondary N) is 2. The maximum atomic E-state index is 13.4. The molecule has 4 N–H and O–H groups in total. The molecule has 8 heteroatoms. The quantitative estimate of drug-likeness (QED) is 0.356. The first kappa shape index (κ1) is 24.7. The van der Waals surface area contributed by atoms with Crippen molar-refractivity contribution in [2.75, 3.05) is 7.05 Å². The van der Waals surface area contributed by atoms with Gasteiger partial charge in [-0.25, -0.2) is 4.39 Å². The van der Waals surface area contributed by atoms with E-state index >= 15 is 0 Å². The first-order valence-electron chi connectivity index (χ1n) is 11.4. The molecule has 4 aromatic rings. The van der Waals surface area contributed by atoms with Gasteiger partial charge >= 0.3 is 0 Å². The number of benzene rings is 3. The number of rotatable bonds is 7. The number of hydrogen-bond donors (Lipinski definition) is 3. The highest BCUT2D eigenvalue weighted by molar-refractivity contribution is 6.12. The van der Waals surface area contributed by atoms with Crippen LogP contribution in [0, 0.1) is 11.7 Å². The number of fused-ring (bicyclic) bond motifs is 1. The Morgan fingerprint density at radius 2 is 1.56 bits per heavy atom. The van der Waals surface area contributed by atoms with Gasteiger partial charge < -0.3 is 20.8 Å². The molecule has 0 saturated carbocycles. The second-order valence-electron chi connectivity index (χ2n) is 8.78. The predicted molar refractivity (Wildman–Crippen MR) is 136 cm³/mol. The first-order chi connectivity index (χ1) is 17.2. The summed E-state index contributed by atoms with van der Waals surface area (Å²) in [6.07, 6.45) is 0. The molecule has 7 nitrogen and oxygen atoms in total. The van der Waals surface area contributed by atoms with E-state index < -0.39 is 23.7 Å². The minimum Gasteiger partial charge on any atom is -0.455 e. The molecule has 0 aliphatic heterocycles. The van der Waals surface area contributed by atoms with E-state index in [0.717, 1.165) is 11.1 Å². The molecule has 36 heavy (non-hydrogen) atoms. The highest BCUT2D eigenvalue weighted by Crippen LogP contribution is 2.36. The average molecular weight is 488 g/mol. The van der Waals surface area contributed by atoms with Gasteiger partial charge in [-0.2, -0.15) is 0 Å². The van der Waals surface area contributed by atoms with Gasteiger partial charge in [0.1, 0.15) is 23.2 Å². The summed E-state index contributed by atoms with van der Waals surface area (Å²) in [5.74, 6) is -1.57. The number of carbonyl (C=O) groups is 3. The number of carbonyl (C=O) groups excluding carboxylic acids is 3. The van der Waals surface area contributed by atoms with Crippen LogP contribution < -0.4 is 16.4 Å². The molecule has 184 valence electrons. The fourth-order valence-electron chi connectivity index (χ4n) is 4.06. The van der Waals surface area contributed by atoms with E-state index in [-0.39, 0.29) is 11.8 Å². The molecule has 1 unspecified atom stereocenters. The van der Waals surface area contributed by atoms with Gasteiger partial charge in [0.25, 0.3) is 11.8 Å². The lowest BCUT2D eigenvalue weighted by atomic mass is 9.98. The summed E-state index contributed by atoms with van der Waals surface area (Å²) in [5, 5.41) is 5.90. The fraction of sp³-hybridized carbons (Fsp3) is 0.179. The van der Waals surface area contributed by atoms with Crippen LogP contribution in [0.4, 0.5) is 4.39 Å². The monoisotopic (exact) mass is 487 g/mol. The molecule has 4 rings (SSSR count). The minimum atomic E-state index is -0.788. The van der Waals surface area contributed by atoms with Gasteiger partial charge in [-0.05, 0) is 65.6 Å². The Bertz CT molecular complexity index is 1460. The Kier molecular flexibility index (Phi) is 6.87. The number of halogens is 1. The van der Waals surface area contributed by atoms with Crippen LogP contribution in [0.3, 0.4) is 0 Å². The lowest BCUT2D eigenvalue weighted by molar-refractivity contribution is -0.120. The highest BCUT2D eigenvalue weighted by Gasteiger charge is 2.24. The number of primary amides is 1. The zero-order chi connectivity index (χ0) is 26.0. The summed E-state index contributed by atoms with van der Waals surface area (Å²) in [7, 11) is 1.53. The number of amides is 3. The van der Waals surface area contributed by atoms with Crippen LogP contribution in [0.5, 0.6) is 0 Å². The third kappa shape index (κ3) is 4.84. The Hall–Kier alpha value is -4.46. The molecule has 0 spiro atoms. The van der Waals surface area contributed by atoms with Crippen LogP contribution in [0.25, 0.3) is 33.4 Å². The molecule has 0 fully saturated rings. The largest absolute Gasteiger partial charge is 0.455 e. The molecule has 0 radical (unpaired) electrons. The van der Waals surface area contributed by atoms with Gasteiger partial charge in [0.05, 0.1) is 5.56 Å². The molecule has 0 saturated heterocycles. The van der Waals surface area contributed by atoms with E-state index in [2.05, 4.69) is 10.6 Å². The molecule has 0 aliphatic carbocycles. The van der Waals surface area contributed by atoms with Gasteiger partial charge in [0.2, 0.25) is 5.91 Å². The minimum absolute atomic E-state index is 0.156. The van der Waals surface area contributed by atoms with Gasteiger partial charge in [0.15, 0.2) is 0 Å². The third-order valence-corrected chi connectivity index (χ3v) is 5.97. The summed E-state index contributed by atoms with van der Waals surface area (Å²) in [5.41, 5.74) is 8.67. The molecular formula is C28H26FN3O4.